The molecule has 0 N–H and O–H groups in total. The van der Waals surface area contributed by atoms with E-state index in [9.17, 15) is 0 Å². The van der Waals surface area contributed by atoms with Gasteiger partial charge in [0.2, 0.25) is 0 Å². The molecule has 67 heavy (non-hydrogen) atoms. The van der Waals surface area contributed by atoms with Crippen LogP contribution in [0.25, 0.3) is 143 Å². The quantitative estimate of drug-likeness (QED) is 0.177. The van der Waals surface area contributed by atoms with E-state index in [2.05, 4.69) is 209 Å². The second-order valence-electron chi connectivity index (χ2n) is 17.7. The number of hydrogen-bond acceptors (Lipinski definition) is 3. The molecule has 0 atom stereocenters. The molecule has 0 saturated heterocycles. The molecule has 15 rings (SSSR count). The number of aromatic nitrogens is 4. The number of nitrogens with zero attached hydrogens (tertiary/aromatic N) is 4. The minimum Gasteiger partial charge on any atom is -0.455 e. The van der Waals surface area contributed by atoms with Crippen molar-refractivity contribution < 1.29 is 4.42 Å². The number of furan rings is 1. The number of fused-ring (bicyclic) bond motifs is 13. The van der Waals surface area contributed by atoms with Gasteiger partial charge in [-0.2, -0.15) is 0 Å². The Labute approximate surface area is 383 Å². The lowest BCUT2D eigenvalue weighted by molar-refractivity contribution is 0.669. The molecule has 15 aromatic rings. The van der Waals surface area contributed by atoms with E-state index in [1.807, 2.05) is 18.2 Å². The Balaban J connectivity index is 0.996. The van der Waals surface area contributed by atoms with Crippen molar-refractivity contribution in [1.82, 2.24) is 19.1 Å². The molecule has 0 aliphatic carbocycles. The molecule has 0 spiro atoms. The van der Waals surface area contributed by atoms with Crippen molar-refractivity contribution in [3.63, 3.8) is 0 Å². The van der Waals surface area contributed by atoms with E-state index >= 15 is 0 Å². The third-order valence-electron chi connectivity index (χ3n) is 14.1. The van der Waals surface area contributed by atoms with E-state index in [4.69, 9.17) is 14.4 Å². The van der Waals surface area contributed by atoms with Crippen LogP contribution in [0.4, 0.5) is 0 Å². The van der Waals surface area contributed by atoms with Gasteiger partial charge in [-0.15, -0.1) is 0 Å². The molecule has 0 amide bonds. The van der Waals surface area contributed by atoms with Gasteiger partial charge in [-0.05, 0) is 93.7 Å². The van der Waals surface area contributed by atoms with Crippen molar-refractivity contribution in [2.75, 3.05) is 0 Å². The standard InChI is InChI=1S/C62H36N4O/c1-3-16-39-34-56-51(32-37(39)14-1)44-20-8-11-26-54(44)65(56)41-28-29-45-52-33-38-15-2-4-17-40(38)35-57(52)66(58(45)36-41)55-31-30-47(42-18-5-6-19-43(42)55)60-49-22-7-10-25-53(49)63-62(64-60)50-24-13-23-48-46-21-9-12-27-59(46)67-61(48)50/h1-36H. The average Bonchev–Trinajstić information content (AvgIpc) is 4.03. The zero-order valence-electron chi connectivity index (χ0n) is 36.0. The number of para-hydroxylation sites is 4. The Kier molecular flexibility index (Phi) is 7.44. The highest BCUT2D eigenvalue weighted by Crippen LogP contribution is 2.43. The van der Waals surface area contributed by atoms with Crippen LogP contribution in [0.15, 0.2) is 223 Å². The van der Waals surface area contributed by atoms with Crippen LogP contribution in [0.2, 0.25) is 0 Å². The summed E-state index contributed by atoms with van der Waals surface area (Å²) in [4.78, 5) is 10.7. The van der Waals surface area contributed by atoms with E-state index in [1.54, 1.807) is 0 Å². The van der Waals surface area contributed by atoms with Crippen molar-refractivity contribution >= 4 is 109 Å². The summed E-state index contributed by atoms with van der Waals surface area (Å²) in [6.45, 7) is 0. The van der Waals surface area contributed by atoms with Crippen molar-refractivity contribution in [3.05, 3.63) is 218 Å². The highest BCUT2D eigenvalue weighted by atomic mass is 16.3. The summed E-state index contributed by atoms with van der Waals surface area (Å²) in [5, 5.41) is 15.2. The van der Waals surface area contributed by atoms with Crippen LogP contribution in [0, 0.1) is 0 Å². The number of benzene rings is 11. The summed E-state index contributed by atoms with van der Waals surface area (Å²) in [6.07, 6.45) is 0. The summed E-state index contributed by atoms with van der Waals surface area (Å²) in [6, 6.07) is 78.7. The maximum atomic E-state index is 6.53. The van der Waals surface area contributed by atoms with Gasteiger partial charge in [0.15, 0.2) is 5.82 Å². The summed E-state index contributed by atoms with van der Waals surface area (Å²) in [5.74, 6) is 0.631. The highest BCUT2D eigenvalue weighted by molar-refractivity contribution is 6.18. The Morgan fingerprint density at radius 3 is 1.69 bits per heavy atom. The van der Waals surface area contributed by atoms with Gasteiger partial charge in [-0.25, -0.2) is 9.97 Å². The summed E-state index contributed by atoms with van der Waals surface area (Å²) >= 11 is 0. The lowest BCUT2D eigenvalue weighted by atomic mass is 9.97. The average molecular weight is 853 g/mol. The summed E-state index contributed by atoms with van der Waals surface area (Å²) in [7, 11) is 0. The maximum Gasteiger partial charge on any atom is 0.164 e. The van der Waals surface area contributed by atoms with Crippen LogP contribution in [-0.2, 0) is 0 Å². The van der Waals surface area contributed by atoms with Crippen LogP contribution in [0.1, 0.15) is 0 Å². The summed E-state index contributed by atoms with van der Waals surface area (Å²) < 4.78 is 11.5. The second kappa shape index (κ2) is 13.7. The van der Waals surface area contributed by atoms with Gasteiger partial charge in [0.1, 0.15) is 11.2 Å². The molecule has 4 heterocycles. The van der Waals surface area contributed by atoms with E-state index in [0.29, 0.717) is 5.82 Å². The van der Waals surface area contributed by atoms with Gasteiger partial charge in [0.25, 0.3) is 0 Å². The minimum absolute atomic E-state index is 0.631. The Morgan fingerprint density at radius 2 is 0.910 bits per heavy atom. The second-order valence-corrected chi connectivity index (χ2v) is 17.7. The van der Waals surface area contributed by atoms with Gasteiger partial charge < -0.3 is 13.6 Å². The molecular formula is C62H36N4O. The monoisotopic (exact) mass is 852 g/mol. The first-order valence-electron chi connectivity index (χ1n) is 22.8. The van der Waals surface area contributed by atoms with Gasteiger partial charge in [0.05, 0.1) is 44.5 Å². The Morgan fingerprint density at radius 1 is 0.328 bits per heavy atom. The molecular weight excluding hydrogens is 817 g/mol. The third kappa shape index (κ3) is 5.25. The molecule has 5 nitrogen and oxygen atoms in total. The van der Waals surface area contributed by atoms with E-state index in [0.717, 1.165) is 82.8 Å². The first-order valence-corrected chi connectivity index (χ1v) is 22.8. The zero-order chi connectivity index (χ0) is 43.7. The topological polar surface area (TPSA) is 48.8 Å². The molecule has 0 radical (unpaired) electrons. The largest absolute Gasteiger partial charge is 0.455 e. The first kappa shape index (κ1) is 36.3. The molecule has 0 bridgehead atoms. The SMILES string of the molecule is c1ccc2cc3c(cc2c1)c1ccccc1n3-c1ccc2c3cc4ccccc4cc3n(-c3ccc(-c4nc(-c5cccc6c5oc5ccccc56)nc5ccccc45)c4ccccc34)c2c1. The van der Waals surface area contributed by atoms with Gasteiger partial charge in [-0.3, -0.25) is 0 Å². The molecule has 5 heteroatoms. The molecule has 11 aromatic carbocycles. The van der Waals surface area contributed by atoms with Crippen molar-refractivity contribution in [3.8, 4) is 34.0 Å². The smallest absolute Gasteiger partial charge is 0.164 e. The molecule has 0 saturated carbocycles. The number of rotatable bonds is 4. The van der Waals surface area contributed by atoms with Crippen LogP contribution in [-0.4, -0.2) is 19.1 Å². The van der Waals surface area contributed by atoms with Crippen LogP contribution >= 0.6 is 0 Å². The van der Waals surface area contributed by atoms with Crippen LogP contribution < -0.4 is 0 Å². The van der Waals surface area contributed by atoms with Crippen LogP contribution in [0.3, 0.4) is 0 Å². The van der Waals surface area contributed by atoms with E-state index in [-0.39, 0.29) is 0 Å². The normalized spacial score (nSPS) is 12.2. The van der Waals surface area contributed by atoms with E-state index < -0.39 is 0 Å². The maximum absolute atomic E-state index is 6.53. The predicted octanol–water partition coefficient (Wildman–Crippen LogP) is 16.5. The molecule has 4 aromatic heterocycles. The van der Waals surface area contributed by atoms with Gasteiger partial charge >= 0.3 is 0 Å². The highest BCUT2D eigenvalue weighted by Gasteiger charge is 2.22. The Bertz CT molecular complexity index is 4590. The predicted molar refractivity (Wildman–Crippen MR) is 279 cm³/mol. The Hall–Kier alpha value is -9.06. The minimum atomic E-state index is 0.631. The van der Waals surface area contributed by atoms with Crippen molar-refractivity contribution in [2.24, 2.45) is 0 Å². The molecule has 310 valence electrons. The molecule has 0 fully saturated rings. The van der Waals surface area contributed by atoms with E-state index in [1.165, 1.54) is 54.1 Å². The van der Waals surface area contributed by atoms with Gasteiger partial charge in [0, 0.05) is 54.3 Å². The van der Waals surface area contributed by atoms with Crippen molar-refractivity contribution in [1.29, 1.82) is 0 Å². The fourth-order valence-electron chi connectivity index (χ4n) is 11.0. The van der Waals surface area contributed by atoms with Crippen LogP contribution in [0.5, 0.6) is 0 Å². The number of hydrogen-bond donors (Lipinski definition) is 0. The zero-order valence-corrected chi connectivity index (χ0v) is 36.0. The van der Waals surface area contributed by atoms with Crippen molar-refractivity contribution in [2.45, 2.75) is 0 Å². The fraction of sp³-hybridized carbons (Fsp3) is 0. The third-order valence-corrected chi connectivity index (χ3v) is 14.1. The fourth-order valence-corrected chi connectivity index (χ4v) is 11.0. The van der Waals surface area contributed by atoms with Gasteiger partial charge in [-0.1, -0.05) is 152 Å². The lowest BCUT2D eigenvalue weighted by Crippen LogP contribution is -2.00. The molecule has 0 unspecified atom stereocenters. The molecule has 0 aliphatic heterocycles. The first-order chi connectivity index (χ1) is 33.2. The molecule has 0 aliphatic rings. The lowest BCUT2D eigenvalue weighted by Gasteiger charge is -2.17. The summed E-state index contributed by atoms with van der Waals surface area (Å²) in [5.41, 5.74) is 12.2.